The van der Waals surface area contributed by atoms with Gasteiger partial charge in [0.15, 0.2) is 0 Å². The van der Waals surface area contributed by atoms with Crippen LogP contribution < -0.4 is 5.32 Å². The Morgan fingerprint density at radius 3 is 2.15 bits per heavy atom. The first kappa shape index (κ1) is 18.2. The van der Waals surface area contributed by atoms with Crippen LogP contribution in [0.15, 0.2) is 59.6 Å². The largest absolute Gasteiger partial charge is 0.476 e. The van der Waals surface area contributed by atoms with Gasteiger partial charge in [0.25, 0.3) is 0 Å². The summed E-state index contributed by atoms with van der Waals surface area (Å²) in [7, 11) is 0. The van der Waals surface area contributed by atoms with Gasteiger partial charge in [-0.25, -0.2) is 4.99 Å². The molecular formula is C23H28N2O. The lowest BCUT2D eigenvalue weighted by atomic mass is 9.92. The minimum Gasteiger partial charge on any atom is -0.476 e. The number of hydrogen-bond donors (Lipinski definition) is 1. The van der Waals surface area contributed by atoms with E-state index in [9.17, 15) is 0 Å². The van der Waals surface area contributed by atoms with Gasteiger partial charge < -0.3 is 10.1 Å². The molecule has 0 saturated carbocycles. The molecule has 2 aromatic carbocycles. The Morgan fingerprint density at radius 1 is 0.962 bits per heavy atom. The van der Waals surface area contributed by atoms with Crippen LogP contribution in [0.25, 0.3) is 5.70 Å². The normalized spacial score (nSPS) is 14.5. The van der Waals surface area contributed by atoms with Crippen molar-refractivity contribution in [2.75, 3.05) is 18.5 Å². The highest BCUT2D eigenvalue weighted by atomic mass is 16.5. The number of aliphatic imine (C=N–C) groups is 1. The average Bonchev–Trinajstić information content (AvgIpc) is 3.14. The van der Waals surface area contributed by atoms with Gasteiger partial charge in [-0.05, 0) is 28.5 Å². The van der Waals surface area contributed by atoms with Gasteiger partial charge in [0, 0.05) is 11.8 Å². The Bertz CT molecular complexity index is 778. The number of ether oxygens (including phenoxy) is 1. The molecule has 0 amide bonds. The molecular weight excluding hydrogens is 320 g/mol. The molecule has 0 bridgehead atoms. The predicted molar refractivity (Wildman–Crippen MR) is 111 cm³/mol. The van der Waals surface area contributed by atoms with Crippen molar-refractivity contribution in [3.05, 3.63) is 71.3 Å². The van der Waals surface area contributed by atoms with Crippen LogP contribution in [0.4, 0.5) is 5.69 Å². The van der Waals surface area contributed by atoms with Crippen LogP contribution >= 0.6 is 0 Å². The first-order chi connectivity index (χ1) is 12.6. The molecule has 136 valence electrons. The number of hydrogen-bond acceptors (Lipinski definition) is 3. The quantitative estimate of drug-likeness (QED) is 0.714. The Kier molecular flexibility index (Phi) is 5.77. The molecule has 2 aromatic rings. The first-order valence-corrected chi connectivity index (χ1v) is 9.40. The van der Waals surface area contributed by atoms with Crippen molar-refractivity contribution < 1.29 is 4.74 Å². The van der Waals surface area contributed by atoms with E-state index in [1.165, 1.54) is 16.8 Å². The summed E-state index contributed by atoms with van der Waals surface area (Å²) in [5.74, 6) is 1.58. The van der Waals surface area contributed by atoms with Crippen LogP contribution in [-0.2, 0) is 4.74 Å². The third kappa shape index (κ3) is 4.16. The third-order valence-electron chi connectivity index (χ3n) is 4.59. The Hall–Kier alpha value is -2.55. The van der Waals surface area contributed by atoms with E-state index >= 15 is 0 Å². The van der Waals surface area contributed by atoms with Crippen molar-refractivity contribution in [1.29, 1.82) is 0 Å². The van der Waals surface area contributed by atoms with Gasteiger partial charge in [0.2, 0.25) is 5.90 Å². The lowest BCUT2D eigenvalue weighted by Gasteiger charge is -2.22. The molecule has 0 aromatic heterocycles. The van der Waals surface area contributed by atoms with Gasteiger partial charge >= 0.3 is 0 Å². The smallest absolute Gasteiger partial charge is 0.210 e. The summed E-state index contributed by atoms with van der Waals surface area (Å²) >= 11 is 0. The SMILES string of the molecule is CC(C)c1cccc(C(C)C)c1NC(=CC1=NCCO1)c1ccccc1. The molecule has 0 aliphatic carbocycles. The monoisotopic (exact) mass is 348 g/mol. The van der Waals surface area contributed by atoms with E-state index in [0.29, 0.717) is 24.3 Å². The number of rotatable bonds is 6. The molecule has 3 heteroatoms. The molecule has 0 unspecified atom stereocenters. The predicted octanol–water partition coefficient (Wildman–Crippen LogP) is 5.82. The Labute approximate surface area is 156 Å². The van der Waals surface area contributed by atoms with Gasteiger partial charge in [-0.3, -0.25) is 0 Å². The minimum absolute atomic E-state index is 0.438. The second-order valence-electron chi connectivity index (χ2n) is 7.24. The van der Waals surface area contributed by atoms with Crippen LogP contribution in [0, 0.1) is 0 Å². The van der Waals surface area contributed by atoms with Crippen LogP contribution in [0.2, 0.25) is 0 Å². The number of benzene rings is 2. The number of nitrogens with zero attached hydrogens (tertiary/aromatic N) is 1. The van der Waals surface area contributed by atoms with E-state index in [-0.39, 0.29) is 0 Å². The Balaban J connectivity index is 2.07. The maximum Gasteiger partial charge on any atom is 0.210 e. The van der Waals surface area contributed by atoms with E-state index < -0.39 is 0 Å². The lowest BCUT2D eigenvalue weighted by molar-refractivity contribution is 0.350. The molecule has 1 aliphatic rings. The highest BCUT2D eigenvalue weighted by Crippen LogP contribution is 2.34. The van der Waals surface area contributed by atoms with Crippen molar-refractivity contribution in [2.45, 2.75) is 39.5 Å². The molecule has 0 fully saturated rings. The molecule has 1 heterocycles. The van der Waals surface area contributed by atoms with Crippen LogP contribution in [0.3, 0.4) is 0 Å². The fraction of sp³-hybridized carbons (Fsp3) is 0.348. The Morgan fingerprint density at radius 2 is 1.62 bits per heavy atom. The van der Waals surface area contributed by atoms with E-state index in [1.807, 2.05) is 12.1 Å². The van der Waals surface area contributed by atoms with E-state index in [1.54, 1.807) is 0 Å². The molecule has 3 rings (SSSR count). The topological polar surface area (TPSA) is 33.6 Å². The zero-order valence-electron chi connectivity index (χ0n) is 16.1. The maximum atomic E-state index is 5.63. The first-order valence-electron chi connectivity index (χ1n) is 9.40. The van der Waals surface area contributed by atoms with Crippen LogP contribution in [0.5, 0.6) is 0 Å². The molecule has 1 aliphatic heterocycles. The lowest BCUT2D eigenvalue weighted by Crippen LogP contribution is -2.09. The highest BCUT2D eigenvalue weighted by Gasteiger charge is 2.16. The fourth-order valence-corrected chi connectivity index (χ4v) is 3.20. The number of para-hydroxylation sites is 1. The molecule has 3 nitrogen and oxygen atoms in total. The molecule has 26 heavy (non-hydrogen) atoms. The van der Waals surface area contributed by atoms with Crippen LogP contribution in [-0.4, -0.2) is 19.0 Å². The third-order valence-corrected chi connectivity index (χ3v) is 4.59. The molecule has 0 saturated heterocycles. The summed E-state index contributed by atoms with van der Waals surface area (Å²) in [6.07, 6.45) is 2.02. The summed E-state index contributed by atoms with van der Waals surface area (Å²) in [5, 5.41) is 3.72. The summed E-state index contributed by atoms with van der Waals surface area (Å²) < 4.78 is 5.63. The van der Waals surface area contributed by atoms with Crippen molar-refractivity contribution >= 4 is 17.3 Å². The molecule has 1 N–H and O–H groups in total. The molecule has 0 radical (unpaired) electrons. The van der Waals surface area contributed by atoms with Crippen molar-refractivity contribution in [3.63, 3.8) is 0 Å². The van der Waals surface area contributed by atoms with E-state index in [4.69, 9.17) is 4.74 Å². The summed E-state index contributed by atoms with van der Waals surface area (Å²) in [6, 6.07) is 17.0. The van der Waals surface area contributed by atoms with Gasteiger partial charge in [-0.2, -0.15) is 0 Å². The average molecular weight is 348 g/mol. The second-order valence-corrected chi connectivity index (χ2v) is 7.24. The minimum atomic E-state index is 0.438. The summed E-state index contributed by atoms with van der Waals surface area (Å²) in [6.45, 7) is 10.3. The van der Waals surface area contributed by atoms with Crippen molar-refractivity contribution in [3.8, 4) is 0 Å². The zero-order valence-corrected chi connectivity index (χ0v) is 16.1. The van der Waals surface area contributed by atoms with Gasteiger partial charge in [0.1, 0.15) is 6.61 Å². The van der Waals surface area contributed by atoms with Gasteiger partial charge in [-0.1, -0.05) is 76.2 Å². The van der Waals surface area contributed by atoms with E-state index in [0.717, 1.165) is 17.8 Å². The van der Waals surface area contributed by atoms with E-state index in [2.05, 4.69) is 80.5 Å². The number of nitrogens with one attached hydrogen (secondary N) is 1. The van der Waals surface area contributed by atoms with Crippen LogP contribution in [0.1, 0.15) is 56.2 Å². The number of anilines is 1. The van der Waals surface area contributed by atoms with Gasteiger partial charge in [0.05, 0.1) is 12.2 Å². The molecule has 0 spiro atoms. The maximum absolute atomic E-state index is 5.63. The second kappa shape index (κ2) is 8.22. The summed E-state index contributed by atoms with van der Waals surface area (Å²) in [4.78, 5) is 4.44. The van der Waals surface area contributed by atoms with Crippen molar-refractivity contribution in [1.82, 2.24) is 0 Å². The zero-order chi connectivity index (χ0) is 18.5. The highest BCUT2D eigenvalue weighted by molar-refractivity contribution is 5.98. The van der Waals surface area contributed by atoms with Gasteiger partial charge in [-0.15, -0.1) is 0 Å². The molecule has 0 atom stereocenters. The summed E-state index contributed by atoms with van der Waals surface area (Å²) in [5.41, 5.74) is 5.99. The fourth-order valence-electron chi connectivity index (χ4n) is 3.20. The standard InChI is InChI=1S/C23H28N2O/c1-16(2)19-11-8-12-20(17(3)4)23(19)25-21(15-22-24-13-14-26-22)18-9-6-5-7-10-18/h5-12,15-17,25H,13-14H2,1-4H3. The van der Waals surface area contributed by atoms with Crippen molar-refractivity contribution in [2.24, 2.45) is 4.99 Å².